The van der Waals surface area contributed by atoms with E-state index in [2.05, 4.69) is 5.32 Å². The molecule has 2 N–H and O–H groups in total. The molecule has 6 heteroatoms. The summed E-state index contributed by atoms with van der Waals surface area (Å²) in [6.07, 6.45) is -0.777. The molecule has 1 aliphatic rings. The number of benzene rings is 2. The summed E-state index contributed by atoms with van der Waals surface area (Å²) in [5.74, 6) is 1.53. The molecular weight excluding hydrogens is 354 g/mol. The van der Waals surface area contributed by atoms with E-state index in [0.717, 1.165) is 17.1 Å². The van der Waals surface area contributed by atoms with Gasteiger partial charge in [-0.15, -0.1) is 0 Å². The van der Waals surface area contributed by atoms with Crippen molar-refractivity contribution < 1.29 is 19.3 Å². The van der Waals surface area contributed by atoms with Gasteiger partial charge in [0.25, 0.3) is 0 Å². The highest BCUT2D eigenvalue weighted by atomic mass is 35.5. The molecule has 140 valence electrons. The molecule has 0 unspecified atom stereocenters. The fraction of sp³-hybridized carbons (Fsp3) is 0.400. The van der Waals surface area contributed by atoms with Crippen molar-refractivity contribution in [2.45, 2.75) is 25.2 Å². The van der Waals surface area contributed by atoms with Crippen molar-refractivity contribution in [3.8, 4) is 11.5 Å². The van der Waals surface area contributed by atoms with Crippen molar-refractivity contribution in [3.05, 3.63) is 59.1 Å². The van der Waals surface area contributed by atoms with Crippen LogP contribution in [-0.4, -0.2) is 43.6 Å². The molecule has 1 heterocycles. The molecular formula is C20H24ClNO4. The highest BCUT2D eigenvalue weighted by molar-refractivity contribution is 6.30. The summed E-state index contributed by atoms with van der Waals surface area (Å²) in [7, 11) is 0. The number of ether oxygens (including phenoxy) is 3. The minimum Gasteiger partial charge on any atom is -0.486 e. The van der Waals surface area contributed by atoms with Crippen LogP contribution in [0, 0.1) is 0 Å². The van der Waals surface area contributed by atoms with Gasteiger partial charge in [0.15, 0.2) is 11.5 Å². The van der Waals surface area contributed by atoms with Gasteiger partial charge in [-0.3, -0.25) is 0 Å². The van der Waals surface area contributed by atoms with E-state index in [1.807, 2.05) is 55.5 Å². The number of para-hydroxylation sites is 2. The highest BCUT2D eigenvalue weighted by Crippen LogP contribution is 2.30. The Balaban J connectivity index is 1.34. The van der Waals surface area contributed by atoms with E-state index in [-0.39, 0.29) is 18.8 Å². The topological polar surface area (TPSA) is 60.0 Å². The van der Waals surface area contributed by atoms with Crippen LogP contribution in [0.3, 0.4) is 0 Å². The lowest BCUT2D eigenvalue weighted by molar-refractivity contribution is -0.00342. The molecule has 1 aliphatic heterocycles. The molecule has 0 aromatic heterocycles. The van der Waals surface area contributed by atoms with E-state index >= 15 is 0 Å². The van der Waals surface area contributed by atoms with Crippen LogP contribution >= 0.6 is 11.6 Å². The number of nitrogens with one attached hydrogen (secondary N) is 1. The standard InChI is InChI=1S/C20H24ClNO4/c1-14(15-6-8-16(21)9-7-15)24-12-17(23)10-22-11-18-13-25-19-4-2-3-5-20(19)26-18/h2-9,14,17-18,22-23H,10-13H2,1H3/t14-,17-,18+/m0/s1. The first kappa shape index (κ1) is 19.0. The van der Waals surface area contributed by atoms with Crippen LogP contribution in [0.15, 0.2) is 48.5 Å². The fourth-order valence-electron chi connectivity index (χ4n) is 2.72. The van der Waals surface area contributed by atoms with Crippen molar-refractivity contribution in [1.82, 2.24) is 5.32 Å². The number of fused-ring (bicyclic) bond motifs is 1. The van der Waals surface area contributed by atoms with Crippen molar-refractivity contribution in [1.29, 1.82) is 0 Å². The van der Waals surface area contributed by atoms with Gasteiger partial charge < -0.3 is 24.6 Å². The lowest BCUT2D eigenvalue weighted by Crippen LogP contribution is -2.41. The van der Waals surface area contributed by atoms with Gasteiger partial charge in [0.05, 0.1) is 18.8 Å². The minimum absolute atomic E-state index is 0.0778. The monoisotopic (exact) mass is 377 g/mol. The van der Waals surface area contributed by atoms with E-state index in [4.69, 9.17) is 25.8 Å². The van der Waals surface area contributed by atoms with E-state index < -0.39 is 6.10 Å². The quantitative estimate of drug-likeness (QED) is 0.739. The maximum Gasteiger partial charge on any atom is 0.161 e. The first-order valence-electron chi connectivity index (χ1n) is 8.76. The molecule has 2 aromatic carbocycles. The number of halogens is 1. The maximum atomic E-state index is 10.1. The first-order chi connectivity index (χ1) is 12.6. The Morgan fingerprint density at radius 3 is 2.69 bits per heavy atom. The Kier molecular flexibility index (Phi) is 6.74. The fourth-order valence-corrected chi connectivity index (χ4v) is 2.84. The second kappa shape index (κ2) is 9.24. The van der Waals surface area contributed by atoms with E-state index in [0.29, 0.717) is 24.7 Å². The average Bonchev–Trinajstić information content (AvgIpc) is 2.66. The van der Waals surface area contributed by atoms with E-state index in [9.17, 15) is 5.11 Å². The molecule has 0 fully saturated rings. The van der Waals surface area contributed by atoms with Crippen LogP contribution in [0.1, 0.15) is 18.6 Å². The van der Waals surface area contributed by atoms with Gasteiger partial charge in [-0.25, -0.2) is 0 Å². The van der Waals surface area contributed by atoms with Crippen LogP contribution in [-0.2, 0) is 4.74 Å². The molecule has 2 aromatic rings. The smallest absolute Gasteiger partial charge is 0.161 e. The van der Waals surface area contributed by atoms with Gasteiger partial charge in [-0.1, -0.05) is 35.9 Å². The predicted molar refractivity (Wildman–Crippen MR) is 101 cm³/mol. The molecule has 5 nitrogen and oxygen atoms in total. The van der Waals surface area contributed by atoms with Crippen molar-refractivity contribution in [2.24, 2.45) is 0 Å². The van der Waals surface area contributed by atoms with Crippen LogP contribution < -0.4 is 14.8 Å². The van der Waals surface area contributed by atoms with Crippen molar-refractivity contribution in [3.63, 3.8) is 0 Å². The maximum absolute atomic E-state index is 10.1. The molecule has 0 amide bonds. The molecule has 0 saturated carbocycles. The van der Waals surface area contributed by atoms with Gasteiger partial charge in [0.2, 0.25) is 0 Å². The summed E-state index contributed by atoms with van der Waals surface area (Å²) in [4.78, 5) is 0. The van der Waals surface area contributed by atoms with E-state index in [1.165, 1.54) is 0 Å². The van der Waals surface area contributed by atoms with Crippen LogP contribution in [0.2, 0.25) is 5.02 Å². The number of hydrogen-bond donors (Lipinski definition) is 2. The minimum atomic E-state index is -0.596. The molecule has 3 rings (SSSR count). The summed E-state index contributed by atoms with van der Waals surface area (Å²) >= 11 is 5.88. The molecule has 0 aliphatic carbocycles. The second-order valence-electron chi connectivity index (χ2n) is 6.34. The Bertz CT molecular complexity index is 694. The number of aliphatic hydroxyl groups excluding tert-OH is 1. The number of hydrogen-bond acceptors (Lipinski definition) is 5. The SMILES string of the molecule is C[C@H](OC[C@@H](O)CNC[C@@H]1COc2ccccc2O1)c1ccc(Cl)cc1. The third-order valence-corrected chi connectivity index (χ3v) is 4.45. The summed E-state index contributed by atoms with van der Waals surface area (Å²) in [6.45, 7) is 3.72. The lowest BCUT2D eigenvalue weighted by Gasteiger charge is -2.27. The normalized spacial score (nSPS) is 18.3. The zero-order chi connectivity index (χ0) is 18.4. The number of rotatable bonds is 8. The van der Waals surface area contributed by atoms with Gasteiger partial charge >= 0.3 is 0 Å². The first-order valence-corrected chi connectivity index (χ1v) is 9.14. The van der Waals surface area contributed by atoms with Gasteiger partial charge in [0.1, 0.15) is 12.7 Å². The molecule has 0 spiro atoms. The van der Waals surface area contributed by atoms with Crippen LogP contribution in [0.25, 0.3) is 0 Å². The van der Waals surface area contributed by atoms with Gasteiger partial charge in [-0.05, 0) is 36.8 Å². The summed E-state index contributed by atoms with van der Waals surface area (Å²) < 4.78 is 17.3. The third-order valence-electron chi connectivity index (χ3n) is 4.20. The van der Waals surface area contributed by atoms with Crippen molar-refractivity contribution in [2.75, 3.05) is 26.3 Å². The zero-order valence-corrected chi connectivity index (χ0v) is 15.5. The van der Waals surface area contributed by atoms with Gasteiger partial charge in [-0.2, -0.15) is 0 Å². The summed E-state index contributed by atoms with van der Waals surface area (Å²) in [5, 5.41) is 14.0. The lowest BCUT2D eigenvalue weighted by atomic mass is 10.1. The Morgan fingerprint density at radius 2 is 1.92 bits per heavy atom. The molecule has 26 heavy (non-hydrogen) atoms. The molecule has 3 atom stereocenters. The Morgan fingerprint density at radius 1 is 1.19 bits per heavy atom. The highest BCUT2D eigenvalue weighted by Gasteiger charge is 2.20. The predicted octanol–water partition coefficient (Wildman–Crippen LogP) is 3.21. The Hall–Kier alpha value is -1.79. The second-order valence-corrected chi connectivity index (χ2v) is 6.77. The molecule has 0 bridgehead atoms. The van der Waals surface area contributed by atoms with E-state index in [1.54, 1.807) is 0 Å². The Labute approximate surface area is 158 Å². The third kappa shape index (κ3) is 5.35. The average molecular weight is 378 g/mol. The largest absolute Gasteiger partial charge is 0.486 e. The van der Waals surface area contributed by atoms with Crippen LogP contribution in [0.5, 0.6) is 11.5 Å². The summed E-state index contributed by atoms with van der Waals surface area (Å²) in [6, 6.07) is 15.1. The van der Waals surface area contributed by atoms with Crippen molar-refractivity contribution >= 4 is 11.6 Å². The zero-order valence-electron chi connectivity index (χ0n) is 14.7. The summed E-state index contributed by atoms with van der Waals surface area (Å²) in [5.41, 5.74) is 1.03. The van der Waals surface area contributed by atoms with Gasteiger partial charge in [0, 0.05) is 18.1 Å². The number of aliphatic hydroxyl groups is 1. The van der Waals surface area contributed by atoms with Crippen LogP contribution in [0.4, 0.5) is 0 Å². The molecule has 0 saturated heterocycles. The molecule has 0 radical (unpaired) electrons.